The Morgan fingerprint density at radius 2 is 1.82 bits per heavy atom. The molecule has 0 spiro atoms. The van der Waals surface area contributed by atoms with Gasteiger partial charge in [0.1, 0.15) is 23.3 Å². The minimum absolute atomic E-state index is 0.0317. The van der Waals surface area contributed by atoms with Crippen molar-refractivity contribution in [3.8, 4) is 0 Å². The SMILES string of the molecule is Cc1ccc(C2/C(=C(\O)c3ccc(S(=O)(=O)N(C)C)cc3)C(=O)C(=O)N2Cc2cccnc2)o1. The standard InChI is InChI=1S/C24H23N3O6S/c1-15-6-11-19(33-15)21-20(23(29)24(30)27(21)14-16-5-4-12-25-13-16)22(28)17-7-9-18(10-8-17)34(31,32)26(2)3/h4-13,21,28H,14H2,1-3H3/b22-20+. The first kappa shape index (κ1) is 23.4. The number of aliphatic hydroxyl groups is 1. The fraction of sp³-hybridized carbons (Fsp3) is 0.208. The number of aliphatic hydroxyl groups excluding tert-OH is 1. The first-order chi connectivity index (χ1) is 16.1. The lowest BCUT2D eigenvalue weighted by atomic mass is 9.99. The quantitative estimate of drug-likeness (QED) is 0.326. The zero-order valence-electron chi connectivity index (χ0n) is 18.8. The van der Waals surface area contributed by atoms with Crippen LogP contribution in [-0.4, -0.2) is 53.5 Å². The highest BCUT2D eigenvalue weighted by Gasteiger charge is 2.47. The number of hydrogen-bond donors (Lipinski definition) is 1. The normalized spacial score (nSPS) is 18.1. The first-order valence-corrected chi connectivity index (χ1v) is 11.8. The van der Waals surface area contributed by atoms with Gasteiger partial charge >= 0.3 is 0 Å². The molecule has 1 atom stereocenters. The lowest BCUT2D eigenvalue weighted by Gasteiger charge is -2.23. The number of carbonyl (C=O) groups excluding carboxylic acids is 2. The molecule has 1 N–H and O–H groups in total. The van der Waals surface area contributed by atoms with E-state index in [4.69, 9.17) is 4.42 Å². The highest BCUT2D eigenvalue weighted by Crippen LogP contribution is 2.40. The molecular weight excluding hydrogens is 458 g/mol. The molecule has 1 amide bonds. The van der Waals surface area contributed by atoms with Crippen LogP contribution in [0.15, 0.2) is 75.8 Å². The molecule has 1 aliphatic heterocycles. The van der Waals surface area contributed by atoms with Gasteiger partial charge in [-0.05, 0) is 55.0 Å². The monoisotopic (exact) mass is 481 g/mol. The number of likely N-dealkylation sites (tertiary alicyclic amines) is 1. The van der Waals surface area contributed by atoms with Gasteiger partial charge in [0, 0.05) is 38.6 Å². The van der Waals surface area contributed by atoms with E-state index in [1.54, 1.807) is 43.6 Å². The summed E-state index contributed by atoms with van der Waals surface area (Å²) >= 11 is 0. The Balaban J connectivity index is 1.81. The van der Waals surface area contributed by atoms with E-state index in [2.05, 4.69) is 4.98 Å². The maximum atomic E-state index is 13.1. The Morgan fingerprint density at radius 3 is 2.38 bits per heavy atom. The largest absolute Gasteiger partial charge is 0.507 e. The topological polar surface area (TPSA) is 121 Å². The summed E-state index contributed by atoms with van der Waals surface area (Å²) in [6, 6.07) is 11.4. The number of carbonyl (C=O) groups is 2. The molecule has 3 heterocycles. The zero-order chi connectivity index (χ0) is 24.6. The highest BCUT2D eigenvalue weighted by atomic mass is 32.2. The van der Waals surface area contributed by atoms with Crippen molar-refractivity contribution in [3.05, 3.63) is 89.1 Å². The van der Waals surface area contributed by atoms with E-state index < -0.39 is 33.5 Å². The molecule has 0 bridgehead atoms. The molecule has 2 aromatic heterocycles. The number of hydrogen-bond acceptors (Lipinski definition) is 7. The van der Waals surface area contributed by atoms with Gasteiger partial charge in [-0.15, -0.1) is 0 Å². The number of rotatable bonds is 6. The average Bonchev–Trinajstić information content (AvgIpc) is 3.35. The van der Waals surface area contributed by atoms with E-state index in [-0.39, 0.29) is 22.6 Å². The number of pyridine rings is 1. The third-order valence-electron chi connectivity index (χ3n) is 5.55. The molecule has 34 heavy (non-hydrogen) atoms. The Labute approximate surface area is 197 Å². The predicted molar refractivity (Wildman–Crippen MR) is 123 cm³/mol. The van der Waals surface area contributed by atoms with Crippen molar-refractivity contribution in [1.82, 2.24) is 14.2 Å². The molecule has 1 fully saturated rings. The summed E-state index contributed by atoms with van der Waals surface area (Å²) in [5, 5.41) is 11.1. The predicted octanol–water partition coefficient (Wildman–Crippen LogP) is 2.86. The zero-order valence-corrected chi connectivity index (χ0v) is 19.6. The van der Waals surface area contributed by atoms with E-state index in [1.165, 1.54) is 43.3 Å². The van der Waals surface area contributed by atoms with E-state index in [9.17, 15) is 23.1 Å². The molecule has 1 unspecified atom stereocenters. The van der Waals surface area contributed by atoms with Gasteiger partial charge in [0.05, 0.1) is 10.5 Å². The lowest BCUT2D eigenvalue weighted by Crippen LogP contribution is -2.29. The molecule has 0 saturated carbocycles. The van der Waals surface area contributed by atoms with Crippen LogP contribution < -0.4 is 0 Å². The molecule has 1 aliphatic rings. The molecule has 10 heteroatoms. The maximum Gasteiger partial charge on any atom is 0.296 e. The molecular formula is C24H23N3O6S. The molecule has 9 nitrogen and oxygen atoms in total. The second-order valence-corrected chi connectivity index (χ2v) is 10.2. The third-order valence-corrected chi connectivity index (χ3v) is 7.38. The van der Waals surface area contributed by atoms with Crippen LogP contribution >= 0.6 is 0 Å². The summed E-state index contributed by atoms with van der Waals surface area (Å²) in [4.78, 5) is 31.5. The van der Waals surface area contributed by atoms with Gasteiger partial charge in [-0.25, -0.2) is 12.7 Å². The van der Waals surface area contributed by atoms with E-state index >= 15 is 0 Å². The lowest BCUT2D eigenvalue weighted by molar-refractivity contribution is -0.140. The van der Waals surface area contributed by atoms with Crippen molar-refractivity contribution in [1.29, 1.82) is 0 Å². The van der Waals surface area contributed by atoms with Gasteiger partial charge in [-0.3, -0.25) is 14.6 Å². The fourth-order valence-electron chi connectivity index (χ4n) is 3.78. The smallest absolute Gasteiger partial charge is 0.296 e. The summed E-state index contributed by atoms with van der Waals surface area (Å²) in [7, 11) is -0.837. The number of Topliss-reactive ketones (excluding diaryl/α,β-unsaturated/α-hetero) is 1. The number of sulfonamides is 1. The van der Waals surface area contributed by atoms with Crippen molar-refractivity contribution in [2.75, 3.05) is 14.1 Å². The van der Waals surface area contributed by atoms with Crippen LogP contribution in [0.3, 0.4) is 0 Å². The second-order valence-electron chi connectivity index (χ2n) is 8.05. The van der Waals surface area contributed by atoms with Crippen molar-refractivity contribution < 1.29 is 27.5 Å². The number of benzene rings is 1. The molecule has 4 rings (SSSR count). The van der Waals surface area contributed by atoms with Gasteiger partial charge in [-0.1, -0.05) is 6.07 Å². The Kier molecular flexibility index (Phi) is 6.11. The number of aryl methyl sites for hydroxylation is 1. The number of furan rings is 1. The van der Waals surface area contributed by atoms with Gasteiger partial charge in [0.2, 0.25) is 10.0 Å². The van der Waals surface area contributed by atoms with Crippen LogP contribution in [-0.2, 0) is 26.2 Å². The maximum absolute atomic E-state index is 13.1. The van der Waals surface area contributed by atoms with Crippen LogP contribution in [0.5, 0.6) is 0 Å². The number of aromatic nitrogens is 1. The summed E-state index contributed by atoms with van der Waals surface area (Å²) in [6.07, 6.45) is 3.19. The number of amides is 1. The van der Waals surface area contributed by atoms with E-state index in [0.717, 1.165) is 4.31 Å². The molecule has 1 saturated heterocycles. The summed E-state index contributed by atoms with van der Waals surface area (Å²) in [5.41, 5.74) is 0.771. The Bertz CT molecular complexity index is 1380. The van der Waals surface area contributed by atoms with Crippen molar-refractivity contribution >= 4 is 27.5 Å². The van der Waals surface area contributed by atoms with Gasteiger partial charge in [-0.2, -0.15) is 0 Å². The van der Waals surface area contributed by atoms with Crippen LogP contribution in [0, 0.1) is 6.92 Å². The first-order valence-electron chi connectivity index (χ1n) is 10.4. The summed E-state index contributed by atoms with van der Waals surface area (Å²) in [6.45, 7) is 1.82. The van der Waals surface area contributed by atoms with Crippen LogP contribution in [0.25, 0.3) is 5.76 Å². The Hall–Kier alpha value is -3.76. The summed E-state index contributed by atoms with van der Waals surface area (Å²) in [5.74, 6) is -1.14. The number of nitrogens with zero attached hydrogens (tertiary/aromatic N) is 3. The van der Waals surface area contributed by atoms with Gasteiger partial charge < -0.3 is 14.4 Å². The average molecular weight is 482 g/mol. The molecule has 0 aliphatic carbocycles. The highest BCUT2D eigenvalue weighted by molar-refractivity contribution is 7.89. The van der Waals surface area contributed by atoms with Crippen LogP contribution in [0.4, 0.5) is 0 Å². The molecule has 3 aromatic rings. The molecule has 1 aromatic carbocycles. The van der Waals surface area contributed by atoms with E-state index in [0.29, 0.717) is 17.1 Å². The molecule has 0 radical (unpaired) electrons. The second kappa shape index (κ2) is 8.88. The number of ketones is 1. The summed E-state index contributed by atoms with van der Waals surface area (Å²) < 4.78 is 31.5. The van der Waals surface area contributed by atoms with Crippen LogP contribution in [0.2, 0.25) is 0 Å². The fourth-order valence-corrected chi connectivity index (χ4v) is 4.68. The van der Waals surface area contributed by atoms with Crippen molar-refractivity contribution in [2.24, 2.45) is 0 Å². The third kappa shape index (κ3) is 4.13. The molecule has 176 valence electrons. The minimum Gasteiger partial charge on any atom is -0.507 e. The van der Waals surface area contributed by atoms with Crippen LogP contribution in [0.1, 0.15) is 28.7 Å². The Morgan fingerprint density at radius 1 is 1.12 bits per heavy atom. The minimum atomic E-state index is -3.67. The van der Waals surface area contributed by atoms with E-state index in [1.807, 2.05) is 0 Å². The van der Waals surface area contributed by atoms with Crippen molar-refractivity contribution in [2.45, 2.75) is 24.4 Å². The van der Waals surface area contributed by atoms with Gasteiger partial charge in [0.25, 0.3) is 11.7 Å². The van der Waals surface area contributed by atoms with Gasteiger partial charge in [0.15, 0.2) is 0 Å². The van der Waals surface area contributed by atoms with Crippen molar-refractivity contribution in [3.63, 3.8) is 0 Å².